The van der Waals surface area contributed by atoms with Crippen molar-refractivity contribution in [1.29, 1.82) is 0 Å². The van der Waals surface area contributed by atoms with Gasteiger partial charge in [-0.05, 0) is 18.6 Å². The molecule has 0 saturated heterocycles. The lowest BCUT2D eigenvalue weighted by atomic mass is 10.1. The van der Waals surface area contributed by atoms with E-state index in [0.717, 1.165) is 13.0 Å². The minimum atomic E-state index is -0.984. The molecule has 1 aromatic heterocycles. The van der Waals surface area contributed by atoms with Gasteiger partial charge in [0.15, 0.2) is 5.69 Å². The summed E-state index contributed by atoms with van der Waals surface area (Å²) >= 11 is 0. The van der Waals surface area contributed by atoms with Crippen LogP contribution in [-0.4, -0.2) is 22.6 Å². The Morgan fingerprint density at radius 1 is 1.21 bits per heavy atom. The van der Waals surface area contributed by atoms with Crippen molar-refractivity contribution in [2.45, 2.75) is 51.9 Å². The number of hydrogen-bond acceptors (Lipinski definition) is 3. The fourth-order valence-electron chi connectivity index (χ4n) is 2.02. The van der Waals surface area contributed by atoms with Crippen LogP contribution in [0.4, 0.5) is 5.69 Å². The van der Waals surface area contributed by atoms with Crippen LogP contribution in [0.15, 0.2) is 18.3 Å². The number of nitrogens with zero attached hydrogens (tertiary/aromatic N) is 1. The first-order valence-corrected chi connectivity index (χ1v) is 7.18. The van der Waals surface area contributed by atoms with Crippen molar-refractivity contribution in [3.8, 4) is 0 Å². The van der Waals surface area contributed by atoms with Gasteiger partial charge in [0.05, 0.1) is 5.69 Å². The van der Waals surface area contributed by atoms with Crippen molar-refractivity contribution < 1.29 is 9.90 Å². The highest BCUT2D eigenvalue weighted by Crippen LogP contribution is 2.12. The molecule has 19 heavy (non-hydrogen) atoms. The Bertz CT molecular complexity index is 380. The summed E-state index contributed by atoms with van der Waals surface area (Å²) in [5, 5.41) is 12.1. The van der Waals surface area contributed by atoms with Crippen LogP contribution in [0.1, 0.15) is 62.4 Å². The highest BCUT2D eigenvalue weighted by Gasteiger charge is 2.09. The van der Waals surface area contributed by atoms with Crippen LogP contribution in [0.3, 0.4) is 0 Å². The summed E-state index contributed by atoms with van der Waals surface area (Å²) in [6.45, 7) is 3.03. The van der Waals surface area contributed by atoms with Crippen molar-refractivity contribution in [3.63, 3.8) is 0 Å². The molecular weight excluding hydrogens is 240 g/mol. The van der Waals surface area contributed by atoms with Gasteiger partial charge in [0.2, 0.25) is 0 Å². The third-order valence-corrected chi connectivity index (χ3v) is 3.11. The first-order valence-electron chi connectivity index (χ1n) is 7.18. The number of unbranched alkanes of at least 4 members (excludes halogenated alkanes) is 6. The molecule has 0 aliphatic carbocycles. The first kappa shape index (κ1) is 15.5. The van der Waals surface area contributed by atoms with Crippen molar-refractivity contribution in [2.75, 3.05) is 11.9 Å². The topological polar surface area (TPSA) is 62.2 Å². The third-order valence-electron chi connectivity index (χ3n) is 3.11. The molecule has 4 nitrogen and oxygen atoms in total. The number of aromatic carboxylic acids is 1. The van der Waals surface area contributed by atoms with Crippen LogP contribution >= 0.6 is 0 Å². The zero-order valence-electron chi connectivity index (χ0n) is 11.7. The molecule has 0 fully saturated rings. The molecule has 106 valence electrons. The minimum Gasteiger partial charge on any atom is -0.476 e. The van der Waals surface area contributed by atoms with Gasteiger partial charge >= 0.3 is 5.97 Å². The van der Waals surface area contributed by atoms with E-state index >= 15 is 0 Å². The number of aromatic nitrogens is 1. The second-order valence-corrected chi connectivity index (χ2v) is 4.75. The molecule has 0 radical (unpaired) electrons. The minimum absolute atomic E-state index is 0.102. The third kappa shape index (κ3) is 6.22. The summed E-state index contributed by atoms with van der Waals surface area (Å²) in [4.78, 5) is 14.8. The Kier molecular flexibility index (Phi) is 7.63. The summed E-state index contributed by atoms with van der Waals surface area (Å²) < 4.78 is 0. The second-order valence-electron chi connectivity index (χ2n) is 4.75. The largest absolute Gasteiger partial charge is 0.476 e. The standard InChI is InChI=1S/C15H24N2O2/c1-2-3-4-5-6-7-8-11-16-13-10-9-12-17-14(13)15(18)19/h9-10,12,16H,2-8,11H2,1H3,(H,18,19). The Labute approximate surface area is 115 Å². The lowest BCUT2D eigenvalue weighted by molar-refractivity contribution is 0.0691. The van der Waals surface area contributed by atoms with Gasteiger partial charge in [-0.3, -0.25) is 0 Å². The molecule has 0 bridgehead atoms. The average molecular weight is 264 g/mol. The molecule has 2 N–H and O–H groups in total. The molecule has 4 heteroatoms. The van der Waals surface area contributed by atoms with E-state index in [9.17, 15) is 4.79 Å². The summed E-state index contributed by atoms with van der Waals surface area (Å²) in [7, 11) is 0. The fourth-order valence-corrected chi connectivity index (χ4v) is 2.02. The summed E-state index contributed by atoms with van der Waals surface area (Å²) in [6, 6.07) is 3.51. The quantitative estimate of drug-likeness (QED) is 0.628. The Morgan fingerprint density at radius 2 is 1.89 bits per heavy atom. The lowest BCUT2D eigenvalue weighted by Crippen LogP contribution is -2.09. The Balaban J connectivity index is 2.17. The van der Waals surface area contributed by atoms with E-state index in [1.54, 1.807) is 12.1 Å². The number of pyridine rings is 1. The maximum Gasteiger partial charge on any atom is 0.356 e. The first-order chi connectivity index (χ1) is 9.25. The molecule has 0 saturated carbocycles. The van der Waals surface area contributed by atoms with Crippen molar-refractivity contribution in [2.24, 2.45) is 0 Å². The van der Waals surface area contributed by atoms with Crippen LogP contribution in [0.5, 0.6) is 0 Å². The Morgan fingerprint density at radius 3 is 2.58 bits per heavy atom. The molecule has 1 aromatic rings. The predicted molar refractivity (Wildman–Crippen MR) is 77.7 cm³/mol. The number of hydrogen-bond donors (Lipinski definition) is 2. The summed E-state index contributed by atoms with van der Waals surface area (Å²) in [5.41, 5.74) is 0.714. The molecule has 0 aliphatic heterocycles. The van der Waals surface area contributed by atoms with Crippen molar-refractivity contribution in [1.82, 2.24) is 4.98 Å². The molecule has 0 aliphatic rings. The maximum absolute atomic E-state index is 11.0. The van der Waals surface area contributed by atoms with Crippen LogP contribution < -0.4 is 5.32 Å². The van der Waals surface area contributed by atoms with Gasteiger partial charge in [0.25, 0.3) is 0 Å². The number of carboxylic acid groups (broad SMARTS) is 1. The number of rotatable bonds is 10. The zero-order chi connectivity index (χ0) is 13.9. The fraction of sp³-hybridized carbons (Fsp3) is 0.600. The number of nitrogens with one attached hydrogen (secondary N) is 1. The maximum atomic E-state index is 11.0. The van der Waals surface area contributed by atoms with E-state index in [1.165, 1.54) is 44.7 Å². The molecule has 0 atom stereocenters. The number of carbonyl (C=O) groups is 1. The molecule has 1 rings (SSSR count). The van der Waals surface area contributed by atoms with Gasteiger partial charge in [-0.2, -0.15) is 0 Å². The van der Waals surface area contributed by atoms with E-state index < -0.39 is 5.97 Å². The van der Waals surface area contributed by atoms with E-state index in [1.807, 2.05) is 0 Å². The number of anilines is 1. The SMILES string of the molecule is CCCCCCCCCNc1cccnc1C(=O)O. The van der Waals surface area contributed by atoms with Crippen molar-refractivity contribution >= 4 is 11.7 Å². The van der Waals surface area contributed by atoms with Gasteiger partial charge in [0, 0.05) is 12.7 Å². The van der Waals surface area contributed by atoms with Crippen LogP contribution in [-0.2, 0) is 0 Å². The highest BCUT2D eigenvalue weighted by atomic mass is 16.4. The van der Waals surface area contributed by atoms with Crippen LogP contribution in [0, 0.1) is 0 Å². The van der Waals surface area contributed by atoms with Gasteiger partial charge in [-0.1, -0.05) is 45.4 Å². The van der Waals surface area contributed by atoms with E-state index in [4.69, 9.17) is 5.11 Å². The van der Waals surface area contributed by atoms with E-state index in [0.29, 0.717) is 5.69 Å². The Hall–Kier alpha value is -1.58. The zero-order valence-corrected chi connectivity index (χ0v) is 11.7. The van der Waals surface area contributed by atoms with Gasteiger partial charge in [-0.25, -0.2) is 9.78 Å². The van der Waals surface area contributed by atoms with Gasteiger partial charge in [0.1, 0.15) is 0 Å². The molecular formula is C15H24N2O2. The normalized spacial score (nSPS) is 10.4. The molecule has 0 amide bonds. The molecule has 0 aromatic carbocycles. The molecule has 0 unspecified atom stereocenters. The smallest absolute Gasteiger partial charge is 0.356 e. The van der Waals surface area contributed by atoms with Crippen molar-refractivity contribution in [3.05, 3.63) is 24.0 Å². The monoisotopic (exact) mass is 264 g/mol. The van der Waals surface area contributed by atoms with E-state index in [-0.39, 0.29) is 5.69 Å². The molecule has 0 spiro atoms. The van der Waals surface area contributed by atoms with Gasteiger partial charge < -0.3 is 10.4 Å². The average Bonchev–Trinajstić information content (AvgIpc) is 2.42. The van der Waals surface area contributed by atoms with Crippen LogP contribution in [0.2, 0.25) is 0 Å². The summed E-state index contributed by atoms with van der Waals surface area (Å²) in [6.07, 6.45) is 10.3. The number of carboxylic acids is 1. The lowest BCUT2D eigenvalue weighted by Gasteiger charge is -2.08. The predicted octanol–water partition coefficient (Wildman–Crippen LogP) is 3.94. The van der Waals surface area contributed by atoms with Gasteiger partial charge in [-0.15, -0.1) is 0 Å². The van der Waals surface area contributed by atoms with E-state index in [2.05, 4.69) is 17.2 Å². The highest BCUT2D eigenvalue weighted by molar-refractivity contribution is 5.91. The molecule has 1 heterocycles. The second kappa shape index (κ2) is 9.36. The summed E-state index contributed by atoms with van der Waals surface area (Å²) in [5.74, 6) is -0.984. The van der Waals surface area contributed by atoms with Crippen LogP contribution in [0.25, 0.3) is 0 Å².